The maximum Gasteiger partial charge on any atom is 0.339 e. The number of ether oxygens (including phenoxy) is 1. The van der Waals surface area contributed by atoms with Crippen molar-refractivity contribution in [3.05, 3.63) is 60.2 Å². The largest absolute Gasteiger partial charge is 0.460 e. The molecule has 0 radical (unpaired) electrons. The molecule has 0 saturated carbocycles. The Labute approximate surface area is 122 Å². The molecule has 1 amide bonds. The number of rotatable bonds is 5. The highest BCUT2D eigenvalue weighted by Crippen LogP contribution is 2.02. The van der Waals surface area contributed by atoms with Gasteiger partial charge in [0.15, 0.2) is 0 Å². The van der Waals surface area contributed by atoms with E-state index in [2.05, 4.69) is 9.97 Å². The first kappa shape index (κ1) is 14.6. The molecule has 6 heteroatoms. The summed E-state index contributed by atoms with van der Waals surface area (Å²) in [5, 5.41) is 0. The Kier molecular flexibility index (Phi) is 4.98. The van der Waals surface area contributed by atoms with Crippen LogP contribution in [0.25, 0.3) is 0 Å². The number of hydrogen-bond acceptors (Lipinski definition) is 5. The van der Waals surface area contributed by atoms with E-state index >= 15 is 0 Å². The number of aromatic nitrogens is 2. The summed E-state index contributed by atoms with van der Waals surface area (Å²) in [6, 6.07) is 6.67. The van der Waals surface area contributed by atoms with Gasteiger partial charge in [-0.05, 0) is 24.3 Å². The van der Waals surface area contributed by atoms with Crippen molar-refractivity contribution in [2.24, 2.45) is 0 Å². The monoisotopic (exact) mass is 285 g/mol. The lowest BCUT2D eigenvalue weighted by Gasteiger charge is -2.16. The van der Waals surface area contributed by atoms with Crippen LogP contribution >= 0.6 is 0 Å². The number of likely N-dealkylation sites (N-methyl/N-ethyl adjacent to an activating group) is 1. The first-order chi connectivity index (χ1) is 10.2. The molecule has 0 aliphatic carbocycles. The Morgan fingerprint density at radius 2 is 1.71 bits per heavy atom. The first-order valence-electron chi connectivity index (χ1n) is 6.41. The van der Waals surface area contributed by atoms with Gasteiger partial charge in [0, 0.05) is 31.8 Å². The fourth-order valence-corrected chi connectivity index (χ4v) is 1.65. The van der Waals surface area contributed by atoms with Crippen LogP contribution in [0.5, 0.6) is 0 Å². The molecule has 2 aromatic heterocycles. The zero-order chi connectivity index (χ0) is 15.1. The Morgan fingerprint density at radius 1 is 1.10 bits per heavy atom. The molecule has 0 spiro atoms. The third-order valence-corrected chi connectivity index (χ3v) is 2.81. The van der Waals surface area contributed by atoms with E-state index in [1.807, 2.05) is 0 Å². The summed E-state index contributed by atoms with van der Waals surface area (Å²) in [7, 11) is 1.65. The van der Waals surface area contributed by atoms with Crippen LogP contribution in [0, 0.1) is 0 Å². The maximum absolute atomic E-state index is 12.0. The zero-order valence-electron chi connectivity index (χ0n) is 11.6. The Morgan fingerprint density at radius 3 is 2.29 bits per heavy atom. The van der Waals surface area contributed by atoms with Gasteiger partial charge in [-0.2, -0.15) is 0 Å². The van der Waals surface area contributed by atoms with Crippen LogP contribution in [-0.2, 0) is 4.74 Å². The van der Waals surface area contributed by atoms with E-state index in [9.17, 15) is 9.59 Å². The van der Waals surface area contributed by atoms with Crippen molar-refractivity contribution in [1.29, 1.82) is 0 Å². The van der Waals surface area contributed by atoms with Crippen LogP contribution in [0.3, 0.4) is 0 Å². The van der Waals surface area contributed by atoms with Crippen LogP contribution < -0.4 is 0 Å². The van der Waals surface area contributed by atoms with Crippen molar-refractivity contribution < 1.29 is 14.3 Å². The zero-order valence-corrected chi connectivity index (χ0v) is 11.6. The first-order valence-corrected chi connectivity index (χ1v) is 6.41. The fraction of sp³-hybridized carbons (Fsp3) is 0.200. The molecule has 0 aromatic carbocycles. The molecule has 0 aliphatic heterocycles. The molecule has 0 bridgehead atoms. The van der Waals surface area contributed by atoms with Gasteiger partial charge in [0.2, 0.25) is 0 Å². The lowest BCUT2D eigenvalue weighted by molar-refractivity contribution is 0.0451. The van der Waals surface area contributed by atoms with Gasteiger partial charge in [-0.1, -0.05) is 0 Å². The van der Waals surface area contributed by atoms with Crippen LogP contribution in [-0.4, -0.2) is 46.9 Å². The minimum atomic E-state index is -0.453. The van der Waals surface area contributed by atoms with Crippen molar-refractivity contribution in [3.63, 3.8) is 0 Å². The number of esters is 1. The number of amides is 1. The summed E-state index contributed by atoms with van der Waals surface area (Å²) in [5.41, 5.74) is 0.886. The number of carbonyl (C=O) groups excluding carboxylic acids is 2. The Bertz CT molecular complexity index is 602. The van der Waals surface area contributed by atoms with E-state index in [1.165, 1.54) is 17.3 Å². The second-order valence-corrected chi connectivity index (χ2v) is 4.35. The highest BCUT2D eigenvalue weighted by atomic mass is 16.5. The molecule has 6 nitrogen and oxygen atoms in total. The van der Waals surface area contributed by atoms with Crippen molar-refractivity contribution in [2.45, 2.75) is 0 Å². The lowest BCUT2D eigenvalue weighted by Crippen LogP contribution is -2.30. The van der Waals surface area contributed by atoms with Gasteiger partial charge < -0.3 is 9.64 Å². The molecule has 2 rings (SSSR count). The summed E-state index contributed by atoms with van der Waals surface area (Å²) in [6.07, 6.45) is 6.12. The van der Waals surface area contributed by atoms with Gasteiger partial charge >= 0.3 is 5.97 Å². The maximum atomic E-state index is 12.0. The number of pyridine rings is 2. The predicted molar refractivity (Wildman–Crippen MR) is 75.7 cm³/mol. The van der Waals surface area contributed by atoms with Crippen molar-refractivity contribution >= 4 is 11.9 Å². The minimum Gasteiger partial charge on any atom is -0.460 e. The van der Waals surface area contributed by atoms with E-state index in [1.54, 1.807) is 43.7 Å². The lowest BCUT2D eigenvalue weighted by atomic mass is 10.2. The van der Waals surface area contributed by atoms with Crippen molar-refractivity contribution in [2.75, 3.05) is 20.2 Å². The average Bonchev–Trinajstić information content (AvgIpc) is 2.55. The third kappa shape index (κ3) is 4.10. The highest BCUT2D eigenvalue weighted by molar-refractivity contribution is 5.93. The third-order valence-electron chi connectivity index (χ3n) is 2.81. The standard InChI is InChI=1S/C15H15N3O3/c1-18(14(19)12-4-2-6-16-10-12)8-9-21-15(20)13-5-3-7-17-11-13/h2-7,10-11H,8-9H2,1H3. The van der Waals surface area contributed by atoms with Crippen molar-refractivity contribution in [3.8, 4) is 0 Å². The molecule has 21 heavy (non-hydrogen) atoms. The summed E-state index contributed by atoms with van der Waals surface area (Å²) >= 11 is 0. The average molecular weight is 285 g/mol. The van der Waals surface area contributed by atoms with E-state index in [4.69, 9.17) is 4.74 Å². The SMILES string of the molecule is CN(CCOC(=O)c1cccnc1)C(=O)c1cccnc1. The van der Waals surface area contributed by atoms with E-state index < -0.39 is 5.97 Å². The van der Waals surface area contributed by atoms with Gasteiger partial charge in [-0.3, -0.25) is 14.8 Å². The van der Waals surface area contributed by atoms with Crippen LogP contribution in [0.1, 0.15) is 20.7 Å². The van der Waals surface area contributed by atoms with Crippen LogP contribution in [0.2, 0.25) is 0 Å². The molecule has 2 aromatic rings. The number of carbonyl (C=O) groups is 2. The second kappa shape index (κ2) is 7.14. The number of nitrogens with zero attached hydrogens (tertiary/aromatic N) is 3. The van der Waals surface area contributed by atoms with Crippen molar-refractivity contribution in [1.82, 2.24) is 14.9 Å². The van der Waals surface area contributed by atoms with Crippen LogP contribution in [0.4, 0.5) is 0 Å². The fourth-order valence-electron chi connectivity index (χ4n) is 1.65. The molecule has 0 aliphatic rings. The number of hydrogen-bond donors (Lipinski definition) is 0. The molecular formula is C15H15N3O3. The van der Waals surface area contributed by atoms with Gasteiger partial charge in [0.25, 0.3) is 5.91 Å². The predicted octanol–water partition coefficient (Wildman–Crippen LogP) is 1.41. The molecule has 0 saturated heterocycles. The Hall–Kier alpha value is -2.76. The molecular weight excluding hydrogens is 270 g/mol. The van der Waals surface area contributed by atoms with E-state index in [0.29, 0.717) is 17.7 Å². The van der Waals surface area contributed by atoms with Crippen LogP contribution in [0.15, 0.2) is 49.1 Å². The van der Waals surface area contributed by atoms with Gasteiger partial charge in [-0.15, -0.1) is 0 Å². The highest BCUT2D eigenvalue weighted by Gasteiger charge is 2.12. The molecule has 108 valence electrons. The Balaban J connectivity index is 1.81. The van der Waals surface area contributed by atoms with Gasteiger partial charge in [0.05, 0.1) is 17.7 Å². The summed E-state index contributed by atoms with van der Waals surface area (Å²) in [4.78, 5) is 32.9. The van der Waals surface area contributed by atoms with Gasteiger partial charge in [-0.25, -0.2) is 4.79 Å². The summed E-state index contributed by atoms with van der Waals surface area (Å²) < 4.78 is 5.10. The summed E-state index contributed by atoms with van der Waals surface area (Å²) in [5.74, 6) is -0.620. The smallest absolute Gasteiger partial charge is 0.339 e. The van der Waals surface area contributed by atoms with E-state index in [0.717, 1.165) is 0 Å². The second-order valence-electron chi connectivity index (χ2n) is 4.35. The molecule has 2 heterocycles. The normalized spacial score (nSPS) is 9.95. The summed E-state index contributed by atoms with van der Waals surface area (Å²) in [6.45, 7) is 0.427. The minimum absolute atomic E-state index is 0.121. The molecule has 0 atom stereocenters. The molecule has 0 N–H and O–H groups in total. The molecule has 0 fully saturated rings. The molecule has 0 unspecified atom stereocenters. The van der Waals surface area contributed by atoms with E-state index in [-0.39, 0.29) is 12.5 Å². The van der Waals surface area contributed by atoms with Gasteiger partial charge in [0.1, 0.15) is 6.61 Å². The quantitative estimate of drug-likeness (QED) is 0.777. The topological polar surface area (TPSA) is 72.4 Å².